The lowest BCUT2D eigenvalue weighted by Crippen LogP contribution is -2.37. The van der Waals surface area contributed by atoms with Crippen LogP contribution in [0.3, 0.4) is 0 Å². The van der Waals surface area contributed by atoms with E-state index in [2.05, 4.69) is 47.1 Å². The number of benzene rings is 1. The molecule has 1 fully saturated rings. The maximum absolute atomic E-state index is 9.88. The SMILES string of the molecule is COC[C@H](O)CN1CC[C@H](C)N(Cc2ccccc2)CC1. The van der Waals surface area contributed by atoms with Gasteiger partial charge in [-0.3, -0.25) is 9.80 Å². The number of rotatable bonds is 6. The van der Waals surface area contributed by atoms with Gasteiger partial charge in [0.2, 0.25) is 0 Å². The van der Waals surface area contributed by atoms with Gasteiger partial charge in [0.05, 0.1) is 12.7 Å². The Morgan fingerprint density at radius 3 is 2.71 bits per heavy atom. The monoisotopic (exact) mass is 292 g/mol. The fourth-order valence-electron chi connectivity index (χ4n) is 2.93. The molecule has 0 spiro atoms. The normalized spacial score (nSPS) is 22.9. The minimum atomic E-state index is -0.383. The van der Waals surface area contributed by atoms with Gasteiger partial charge in [0.25, 0.3) is 0 Å². The number of aliphatic hydroxyl groups excluding tert-OH is 1. The van der Waals surface area contributed by atoms with Crippen LogP contribution in [0.5, 0.6) is 0 Å². The zero-order valence-electron chi connectivity index (χ0n) is 13.2. The van der Waals surface area contributed by atoms with Crippen LogP contribution in [0.4, 0.5) is 0 Å². The number of β-amino-alcohol motifs (C(OH)–C–C–N with tert-alkyl or cyclic N) is 1. The third-order valence-corrected chi connectivity index (χ3v) is 4.25. The number of nitrogens with zero attached hydrogens (tertiary/aromatic N) is 2. The van der Waals surface area contributed by atoms with E-state index in [1.165, 1.54) is 5.56 Å². The van der Waals surface area contributed by atoms with Crippen LogP contribution < -0.4 is 0 Å². The maximum Gasteiger partial charge on any atom is 0.0900 e. The molecule has 0 saturated carbocycles. The zero-order chi connectivity index (χ0) is 15.1. The number of aliphatic hydroxyl groups is 1. The van der Waals surface area contributed by atoms with E-state index in [0.717, 1.165) is 32.6 Å². The first kappa shape index (κ1) is 16.4. The van der Waals surface area contributed by atoms with Crippen molar-refractivity contribution >= 4 is 0 Å². The molecule has 1 aromatic carbocycles. The Balaban J connectivity index is 1.86. The van der Waals surface area contributed by atoms with Gasteiger partial charge in [-0.15, -0.1) is 0 Å². The van der Waals surface area contributed by atoms with Crippen molar-refractivity contribution in [1.82, 2.24) is 9.80 Å². The number of ether oxygens (including phenoxy) is 1. The first-order valence-electron chi connectivity index (χ1n) is 7.86. The Kier molecular flexibility index (Phi) is 6.64. The molecular weight excluding hydrogens is 264 g/mol. The number of hydrogen-bond donors (Lipinski definition) is 1. The minimum Gasteiger partial charge on any atom is -0.389 e. The van der Waals surface area contributed by atoms with E-state index < -0.39 is 0 Å². The first-order valence-corrected chi connectivity index (χ1v) is 7.86. The topological polar surface area (TPSA) is 35.9 Å². The summed E-state index contributed by atoms with van der Waals surface area (Å²) in [5.74, 6) is 0. The van der Waals surface area contributed by atoms with Crippen molar-refractivity contribution in [3.05, 3.63) is 35.9 Å². The fourth-order valence-corrected chi connectivity index (χ4v) is 2.93. The molecule has 1 aliphatic rings. The fraction of sp³-hybridized carbons (Fsp3) is 0.647. The second-order valence-electron chi connectivity index (χ2n) is 6.00. The summed E-state index contributed by atoms with van der Waals surface area (Å²) < 4.78 is 5.01. The zero-order valence-corrected chi connectivity index (χ0v) is 13.2. The van der Waals surface area contributed by atoms with E-state index >= 15 is 0 Å². The maximum atomic E-state index is 9.88. The molecule has 0 aliphatic carbocycles. The predicted molar refractivity (Wildman–Crippen MR) is 85.3 cm³/mol. The molecule has 1 aromatic rings. The average molecular weight is 292 g/mol. The lowest BCUT2D eigenvalue weighted by molar-refractivity contribution is 0.0385. The van der Waals surface area contributed by atoms with Crippen LogP contribution in [0.2, 0.25) is 0 Å². The van der Waals surface area contributed by atoms with Crippen molar-refractivity contribution in [2.24, 2.45) is 0 Å². The standard InChI is InChI=1S/C17H28N2O2/c1-15-8-9-18(13-17(20)14-21-2)10-11-19(15)12-16-6-4-3-5-7-16/h3-7,15,17,20H,8-14H2,1-2H3/t15-,17+/m0/s1. The molecule has 4 heteroatoms. The van der Waals surface area contributed by atoms with Crippen LogP contribution in [-0.4, -0.2) is 66.9 Å². The third kappa shape index (κ3) is 5.40. The lowest BCUT2D eigenvalue weighted by Gasteiger charge is -2.26. The average Bonchev–Trinajstić information content (AvgIpc) is 2.64. The molecule has 118 valence electrons. The summed E-state index contributed by atoms with van der Waals surface area (Å²) in [6.45, 7) is 7.55. The molecule has 1 heterocycles. The first-order chi connectivity index (χ1) is 10.2. The van der Waals surface area contributed by atoms with Gasteiger partial charge in [0, 0.05) is 39.3 Å². The van der Waals surface area contributed by atoms with Crippen molar-refractivity contribution in [2.75, 3.05) is 39.9 Å². The van der Waals surface area contributed by atoms with Crippen LogP contribution in [0.25, 0.3) is 0 Å². The van der Waals surface area contributed by atoms with Crippen LogP contribution in [0, 0.1) is 0 Å². The van der Waals surface area contributed by atoms with Crippen molar-refractivity contribution < 1.29 is 9.84 Å². The van der Waals surface area contributed by atoms with Crippen LogP contribution in [0.15, 0.2) is 30.3 Å². The highest BCUT2D eigenvalue weighted by Crippen LogP contribution is 2.15. The van der Waals surface area contributed by atoms with Gasteiger partial charge in [-0.05, 0) is 25.5 Å². The summed E-state index contributed by atoms with van der Waals surface area (Å²) in [5.41, 5.74) is 1.37. The summed E-state index contributed by atoms with van der Waals surface area (Å²) >= 11 is 0. The largest absolute Gasteiger partial charge is 0.389 e. The van der Waals surface area contributed by atoms with Crippen molar-refractivity contribution in [3.63, 3.8) is 0 Å². The predicted octanol–water partition coefficient (Wildman–Crippen LogP) is 1.59. The van der Waals surface area contributed by atoms with E-state index in [-0.39, 0.29) is 6.10 Å². The highest BCUT2D eigenvalue weighted by molar-refractivity contribution is 5.14. The Labute approximate surface area is 128 Å². The molecule has 1 saturated heterocycles. The Morgan fingerprint density at radius 2 is 2.00 bits per heavy atom. The third-order valence-electron chi connectivity index (χ3n) is 4.25. The summed E-state index contributed by atoms with van der Waals surface area (Å²) in [6, 6.07) is 11.2. The molecule has 0 aromatic heterocycles. The molecule has 1 aliphatic heterocycles. The smallest absolute Gasteiger partial charge is 0.0900 e. The second-order valence-corrected chi connectivity index (χ2v) is 6.00. The highest BCUT2D eigenvalue weighted by Gasteiger charge is 2.22. The second kappa shape index (κ2) is 8.49. The summed E-state index contributed by atoms with van der Waals surface area (Å²) in [5, 5.41) is 9.88. The van der Waals surface area contributed by atoms with E-state index in [4.69, 9.17) is 4.74 Å². The van der Waals surface area contributed by atoms with Gasteiger partial charge in [0.1, 0.15) is 0 Å². The van der Waals surface area contributed by atoms with Gasteiger partial charge < -0.3 is 9.84 Å². The van der Waals surface area contributed by atoms with E-state index in [1.807, 2.05) is 0 Å². The lowest BCUT2D eigenvalue weighted by atomic mass is 10.1. The van der Waals surface area contributed by atoms with E-state index in [1.54, 1.807) is 7.11 Å². The number of hydrogen-bond acceptors (Lipinski definition) is 4. The minimum absolute atomic E-state index is 0.383. The Hall–Kier alpha value is -0.940. The Bertz CT molecular complexity index is 399. The van der Waals surface area contributed by atoms with Gasteiger partial charge in [0.15, 0.2) is 0 Å². The molecule has 0 radical (unpaired) electrons. The van der Waals surface area contributed by atoms with Gasteiger partial charge in [-0.2, -0.15) is 0 Å². The molecule has 0 bridgehead atoms. The van der Waals surface area contributed by atoms with Gasteiger partial charge in [-0.25, -0.2) is 0 Å². The molecule has 1 N–H and O–H groups in total. The molecule has 21 heavy (non-hydrogen) atoms. The molecule has 2 atom stereocenters. The Morgan fingerprint density at radius 1 is 1.24 bits per heavy atom. The summed E-state index contributed by atoms with van der Waals surface area (Å²) in [7, 11) is 1.63. The summed E-state index contributed by atoms with van der Waals surface area (Å²) in [4.78, 5) is 4.89. The molecular formula is C17H28N2O2. The van der Waals surface area contributed by atoms with Crippen LogP contribution in [0.1, 0.15) is 18.9 Å². The quantitative estimate of drug-likeness (QED) is 0.864. The van der Waals surface area contributed by atoms with Crippen molar-refractivity contribution in [1.29, 1.82) is 0 Å². The van der Waals surface area contributed by atoms with Crippen molar-refractivity contribution in [3.8, 4) is 0 Å². The molecule has 0 unspecified atom stereocenters. The van der Waals surface area contributed by atoms with E-state index in [9.17, 15) is 5.11 Å². The highest BCUT2D eigenvalue weighted by atomic mass is 16.5. The summed E-state index contributed by atoms with van der Waals surface area (Å²) in [6.07, 6.45) is 0.762. The van der Waals surface area contributed by atoms with Crippen LogP contribution in [-0.2, 0) is 11.3 Å². The molecule has 2 rings (SSSR count). The van der Waals surface area contributed by atoms with Crippen LogP contribution >= 0.6 is 0 Å². The molecule has 4 nitrogen and oxygen atoms in total. The van der Waals surface area contributed by atoms with Gasteiger partial charge >= 0.3 is 0 Å². The molecule has 0 amide bonds. The van der Waals surface area contributed by atoms with Gasteiger partial charge in [-0.1, -0.05) is 30.3 Å². The van der Waals surface area contributed by atoms with Crippen molar-refractivity contribution in [2.45, 2.75) is 32.0 Å². The number of methoxy groups -OCH3 is 1. The van der Waals surface area contributed by atoms with E-state index in [0.29, 0.717) is 19.2 Å².